The highest BCUT2D eigenvalue weighted by Crippen LogP contribution is 2.50. The Balaban J connectivity index is 1.59. The fourth-order valence-corrected chi connectivity index (χ4v) is 5.49. The van der Waals surface area contributed by atoms with Gasteiger partial charge in [0.25, 0.3) is 0 Å². The Morgan fingerprint density at radius 3 is 2.61 bits per heavy atom. The second-order valence-electron chi connectivity index (χ2n) is 9.02. The summed E-state index contributed by atoms with van der Waals surface area (Å²) in [5.41, 5.74) is 3.40. The van der Waals surface area contributed by atoms with Crippen LogP contribution in [0.15, 0.2) is 65.3 Å². The summed E-state index contributed by atoms with van der Waals surface area (Å²) in [7, 11) is 1.62. The van der Waals surface area contributed by atoms with Gasteiger partial charge in [0.2, 0.25) is 6.79 Å². The van der Waals surface area contributed by atoms with E-state index >= 15 is 0 Å². The SMILES string of the molecule is C=CCOC(=O)C1C(C)=NC2=C(C(=O)C[C@@H](c3ccc(OC)cc3)C2)[C@H]1c1cc2c(cc1Cl)OCO2. The van der Waals surface area contributed by atoms with Crippen LogP contribution in [0, 0.1) is 5.92 Å². The molecule has 2 heterocycles. The molecule has 36 heavy (non-hydrogen) atoms. The normalized spacial score (nSPS) is 22.6. The zero-order valence-electron chi connectivity index (χ0n) is 20.1. The summed E-state index contributed by atoms with van der Waals surface area (Å²) in [4.78, 5) is 31.7. The molecule has 0 saturated carbocycles. The first-order chi connectivity index (χ1) is 17.4. The molecule has 1 unspecified atom stereocenters. The van der Waals surface area contributed by atoms with E-state index in [2.05, 4.69) is 6.58 Å². The van der Waals surface area contributed by atoms with Crippen LogP contribution in [0.25, 0.3) is 0 Å². The molecule has 3 atom stereocenters. The molecule has 0 amide bonds. The number of ketones is 1. The smallest absolute Gasteiger partial charge is 0.315 e. The summed E-state index contributed by atoms with van der Waals surface area (Å²) < 4.78 is 21.7. The maximum atomic E-state index is 13.7. The van der Waals surface area contributed by atoms with Gasteiger partial charge in [-0.3, -0.25) is 14.6 Å². The van der Waals surface area contributed by atoms with Gasteiger partial charge in [0.1, 0.15) is 18.3 Å². The third-order valence-corrected chi connectivity index (χ3v) is 7.23. The van der Waals surface area contributed by atoms with Gasteiger partial charge in [0.15, 0.2) is 17.3 Å². The maximum Gasteiger partial charge on any atom is 0.315 e. The van der Waals surface area contributed by atoms with Gasteiger partial charge in [0.05, 0.1) is 7.11 Å². The van der Waals surface area contributed by atoms with Gasteiger partial charge in [-0.2, -0.15) is 0 Å². The van der Waals surface area contributed by atoms with Crippen LogP contribution in [0.1, 0.15) is 42.7 Å². The third kappa shape index (κ3) is 4.28. The summed E-state index contributed by atoms with van der Waals surface area (Å²) in [6.45, 7) is 5.56. The van der Waals surface area contributed by atoms with Gasteiger partial charge < -0.3 is 18.9 Å². The highest BCUT2D eigenvalue weighted by atomic mass is 35.5. The Labute approximate surface area is 214 Å². The molecule has 8 heteroatoms. The van der Waals surface area contributed by atoms with Crippen molar-refractivity contribution in [3.8, 4) is 17.2 Å². The number of carbonyl (C=O) groups excluding carboxylic acids is 2. The molecule has 0 radical (unpaired) electrons. The van der Waals surface area contributed by atoms with E-state index < -0.39 is 17.8 Å². The number of rotatable bonds is 6. The number of ether oxygens (including phenoxy) is 4. The van der Waals surface area contributed by atoms with Gasteiger partial charge in [-0.05, 0) is 48.6 Å². The van der Waals surface area contributed by atoms with Crippen molar-refractivity contribution in [3.05, 3.63) is 76.5 Å². The largest absolute Gasteiger partial charge is 0.497 e. The van der Waals surface area contributed by atoms with Crippen molar-refractivity contribution in [1.29, 1.82) is 0 Å². The molecule has 186 valence electrons. The molecular formula is C28H26ClNO6. The Morgan fingerprint density at radius 1 is 1.19 bits per heavy atom. The zero-order chi connectivity index (χ0) is 25.4. The number of Topliss-reactive ketones (excluding diaryl/α,β-unsaturated/α-hetero) is 1. The lowest BCUT2D eigenvalue weighted by Gasteiger charge is -2.36. The van der Waals surface area contributed by atoms with E-state index in [1.807, 2.05) is 24.3 Å². The fourth-order valence-electron chi connectivity index (χ4n) is 5.21. The second kappa shape index (κ2) is 9.82. The van der Waals surface area contributed by atoms with E-state index in [-0.39, 0.29) is 25.1 Å². The lowest BCUT2D eigenvalue weighted by atomic mass is 9.69. The predicted molar refractivity (Wildman–Crippen MR) is 135 cm³/mol. The van der Waals surface area contributed by atoms with Crippen molar-refractivity contribution in [2.45, 2.75) is 31.6 Å². The Bertz CT molecular complexity index is 1300. The molecule has 0 saturated heterocycles. The molecule has 5 rings (SSSR count). The molecule has 2 aliphatic heterocycles. The number of halogens is 1. The van der Waals surface area contributed by atoms with Gasteiger partial charge in [0, 0.05) is 40.4 Å². The van der Waals surface area contributed by atoms with Gasteiger partial charge in [-0.25, -0.2) is 0 Å². The molecule has 0 N–H and O–H groups in total. The first-order valence-corrected chi connectivity index (χ1v) is 12.1. The molecule has 0 spiro atoms. The lowest BCUT2D eigenvalue weighted by molar-refractivity contribution is -0.145. The topological polar surface area (TPSA) is 83.4 Å². The quantitative estimate of drug-likeness (QED) is 0.385. The highest BCUT2D eigenvalue weighted by Gasteiger charge is 2.46. The standard InChI is InChI=1S/C28H26ClNO6/c1-4-9-34-28(32)25-15(2)30-21-10-17(16-5-7-18(33-3)8-6-16)11-22(31)27(21)26(25)19-12-23-24(13-20(19)29)36-14-35-23/h4-8,12-13,17,25-26H,1,9-11,14H2,2-3H3/t17-,25?,26-/m0/s1. The fraction of sp³-hybridized carbons (Fsp3) is 0.321. The summed E-state index contributed by atoms with van der Waals surface area (Å²) >= 11 is 6.71. The molecule has 0 aromatic heterocycles. The Morgan fingerprint density at radius 2 is 1.92 bits per heavy atom. The monoisotopic (exact) mass is 507 g/mol. The Kier molecular flexibility index (Phi) is 6.58. The lowest BCUT2D eigenvalue weighted by Crippen LogP contribution is -2.38. The summed E-state index contributed by atoms with van der Waals surface area (Å²) in [5, 5.41) is 0.386. The Hall–Kier alpha value is -3.58. The van der Waals surface area contributed by atoms with E-state index in [1.165, 1.54) is 6.08 Å². The number of carbonyl (C=O) groups is 2. The highest BCUT2D eigenvalue weighted by molar-refractivity contribution is 6.32. The van der Waals surface area contributed by atoms with Crippen LogP contribution in [0.2, 0.25) is 5.02 Å². The zero-order valence-corrected chi connectivity index (χ0v) is 20.8. The number of hydrogen-bond donors (Lipinski definition) is 0. The minimum atomic E-state index is -0.803. The average Bonchev–Trinajstić information content (AvgIpc) is 3.33. The molecule has 1 aliphatic carbocycles. The molecule has 0 bridgehead atoms. The van der Waals surface area contributed by atoms with Crippen molar-refractivity contribution in [2.75, 3.05) is 20.5 Å². The molecule has 0 fully saturated rings. The number of benzene rings is 2. The number of methoxy groups -OCH3 is 1. The predicted octanol–water partition coefficient (Wildman–Crippen LogP) is 5.38. The van der Waals surface area contributed by atoms with Crippen LogP contribution >= 0.6 is 11.6 Å². The summed E-state index contributed by atoms with van der Waals surface area (Å²) in [6, 6.07) is 11.2. The number of hydrogen-bond acceptors (Lipinski definition) is 7. The molecular weight excluding hydrogens is 482 g/mol. The first-order valence-electron chi connectivity index (χ1n) is 11.7. The minimum Gasteiger partial charge on any atom is -0.497 e. The second-order valence-corrected chi connectivity index (χ2v) is 9.42. The number of esters is 1. The van der Waals surface area contributed by atoms with E-state index in [1.54, 1.807) is 26.2 Å². The summed E-state index contributed by atoms with van der Waals surface area (Å²) in [6.07, 6.45) is 2.37. The minimum absolute atomic E-state index is 0.0316. The van der Waals surface area contributed by atoms with Crippen molar-refractivity contribution >= 4 is 29.1 Å². The maximum absolute atomic E-state index is 13.7. The van der Waals surface area contributed by atoms with Crippen LogP contribution < -0.4 is 14.2 Å². The number of fused-ring (bicyclic) bond motifs is 1. The number of aliphatic imine (C=N–C) groups is 1. The van der Waals surface area contributed by atoms with Crippen LogP contribution in [-0.4, -0.2) is 38.0 Å². The van der Waals surface area contributed by atoms with Crippen molar-refractivity contribution in [1.82, 2.24) is 0 Å². The van der Waals surface area contributed by atoms with Crippen LogP contribution in [0.4, 0.5) is 0 Å². The van der Waals surface area contributed by atoms with E-state index in [0.717, 1.165) is 11.3 Å². The number of allylic oxidation sites excluding steroid dienone is 2. The van der Waals surface area contributed by atoms with Crippen molar-refractivity contribution < 1.29 is 28.5 Å². The summed E-state index contributed by atoms with van der Waals surface area (Å²) in [5.74, 6) is -0.223. The van der Waals surface area contributed by atoms with Crippen molar-refractivity contribution in [3.63, 3.8) is 0 Å². The molecule has 2 aromatic carbocycles. The molecule has 2 aromatic rings. The van der Waals surface area contributed by atoms with Crippen LogP contribution in [0.5, 0.6) is 17.2 Å². The first kappa shape index (κ1) is 24.1. The van der Waals surface area contributed by atoms with Crippen LogP contribution in [0.3, 0.4) is 0 Å². The van der Waals surface area contributed by atoms with Gasteiger partial charge in [-0.15, -0.1) is 0 Å². The molecule has 7 nitrogen and oxygen atoms in total. The van der Waals surface area contributed by atoms with Crippen LogP contribution in [-0.2, 0) is 14.3 Å². The van der Waals surface area contributed by atoms with E-state index in [0.29, 0.717) is 51.9 Å². The third-order valence-electron chi connectivity index (χ3n) is 6.90. The number of nitrogens with zero attached hydrogens (tertiary/aromatic N) is 1. The van der Waals surface area contributed by atoms with Crippen molar-refractivity contribution in [2.24, 2.45) is 10.9 Å². The van der Waals surface area contributed by atoms with E-state index in [4.69, 9.17) is 35.5 Å². The van der Waals surface area contributed by atoms with Gasteiger partial charge in [-0.1, -0.05) is 36.4 Å². The van der Waals surface area contributed by atoms with E-state index in [9.17, 15) is 9.59 Å². The molecule has 3 aliphatic rings. The van der Waals surface area contributed by atoms with Gasteiger partial charge >= 0.3 is 5.97 Å². The average molecular weight is 508 g/mol.